The highest BCUT2D eigenvalue weighted by molar-refractivity contribution is 7.89. The van der Waals surface area contributed by atoms with Gasteiger partial charge in [-0.1, -0.05) is 44.2 Å². The number of nitrogens with zero attached hydrogens (tertiary/aromatic N) is 2. The summed E-state index contributed by atoms with van der Waals surface area (Å²) in [6.45, 7) is 10.00. The number of fused-ring (bicyclic) bond motifs is 1. The van der Waals surface area contributed by atoms with Gasteiger partial charge in [-0.3, -0.25) is 4.79 Å². The Kier molecular flexibility index (Phi) is 7.05. The summed E-state index contributed by atoms with van der Waals surface area (Å²) >= 11 is 0. The van der Waals surface area contributed by atoms with Crippen LogP contribution in [0, 0.1) is 12.7 Å². The number of carbonyl (C=O) groups excluding carboxylic acids is 1. The summed E-state index contributed by atoms with van der Waals surface area (Å²) in [4.78, 5) is 17.3. The van der Waals surface area contributed by atoms with E-state index in [1.165, 1.54) is 23.4 Å². The van der Waals surface area contributed by atoms with Crippen molar-refractivity contribution in [3.63, 3.8) is 0 Å². The van der Waals surface area contributed by atoms with Gasteiger partial charge in [-0.15, -0.1) is 0 Å². The molecule has 1 unspecified atom stereocenters. The van der Waals surface area contributed by atoms with Crippen LogP contribution < -0.4 is 19.8 Å². The van der Waals surface area contributed by atoms with Crippen LogP contribution in [0.2, 0.25) is 0 Å². The monoisotopic (exact) mass is 550 g/mol. The van der Waals surface area contributed by atoms with Crippen molar-refractivity contribution in [3.8, 4) is 0 Å². The fourth-order valence-electron chi connectivity index (χ4n) is 5.77. The standard InChI is InChI=1S/C30H35FN4O3S/c1-20-8-5-6-11-28(20)35-14-12-34(13-15-35)22-10-7-9-21(16-22)27-19-30(2,3)24-18-25(31)23(17-26(24)32-27)29(36)33-39(4,37)38/h5-11,16-18,27,32H,12-15,19H2,1-4H3,(H,33,36). The first-order chi connectivity index (χ1) is 18.4. The number of hydrogen-bond acceptors (Lipinski definition) is 6. The highest BCUT2D eigenvalue weighted by Crippen LogP contribution is 2.45. The van der Waals surface area contributed by atoms with E-state index in [0.29, 0.717) is 5.69 Å². The smallest absolute Gasteiger partial charge is 0.267 e. The fourth-order valence-corrected chi connectivity index (χ4v) is 6.22. The van der Waals surface area contributed by atoms with Crippen molar-refractivity contribution < 1.29 is 17.6 Å². The third-order valence-corrected chi connectivity index (χ3v) is 8.33. The van der Waals surface area contributed by atoms with E-state index in [-0.39, 0.29) is 17.0 Å². The Labute approximate surface area is 230 Å². The van der Waals surface area contributed by atoms with Gasteiger partial charge < -0.3 is 15.1 Å². The van der Waals surface area contributed by atoms with Gasteiger partial charge in [0.05, 0.1) is 17.9 Å². The Morgan fingerprint density at radius 1 is 1.00 bits per heavy atom. The molecule has 0 spiro atoms. The molecule has 7 nitrogen and oxygen atoms in total. The van der Waals surface area contributed by atoms with Crippen molar-refractivity contribution in [3.05, 3.63) is 88.7 Å². The van der Waals surface area contributed by atoms with E-state index in [4.69, 9.17) is 0 Å². The van der Waals surface area contributed by atoms with Crippen LogP contribution in [0.5, 0.6) is 0 Å². The largest absolute Gasteiger partial charge is 0.378 e. The first-order valence-corrected chi connectivity index (χ1v) is 15.1. The zero-order valence-electron chi connectivity index (χ0n) is 22.8. The number of benzene rings is 3. The molecule has 0 radical (unpaired) electrons. The summed E-state index contributed by atoms with van der Waals surface area (Å²) in [5.74, 6) is -1.72. The van der Waals surface area contributed by atoms with Crippen LogP contribution in [-0.4, -0.2) is 46.8 Å². The van der Waals surface area contributed by atoms with Gasteiger partial charge in [0.1, 0.15) is 5.82 Å². The molecule has 1 saturated heterocycles. The van der Waals surface area contributed by atoms with Crippen molar-refractivity contribution in [2.75, 3.05) is 47.6 Å². The SMILES string of the molecule is Cc1ccccc1N1CCN(c2cccc(C3CC(C)(C)c4cc(F)c(C(=O)NS(C)(=O)=O)cc4N3)c2)CC1. The van der Waals surface area contributed by atoms with Gasteiger partial charge in [-0.25, -0.2) is 17.5 Å². The second kappa shape index (κ2) is 10.2. The molecule has 1 fully saturated rings. The maximum Gasteiger partial charge on any atom is 0.267 e. The van der Waals surface area contributed by atoms with Crippen molar-refractivity contribution in [2.45, 2.75) is 38.6 Å². The van der Waals surface area contributed by atoms with Gasteiger partial charge in [0.15, 0.2) is 0 Å². The highest BCUT2D eigenvalue weighted by Gasteiger charge is 2.35. The Morgan fingerprint density at radius 3 is 2.38 bits per heavy atom. The molecule has 39 heavy (non-hydrogen) atoms. The van der Waals surface area contributed by atoms with Gasteiger partial charge in [0.2, 0.25) is 10.0 Å². The molecule has 3 aromatic rings. The molecule has 2 heterocycles. The molecule has 9 heteroatoms. The van der Waals surface area contributed by atoms with E-state index in [9.17, 15) is 17.6 Å². The topological polar surface area (TPSA) is 81.8 Å². The number of piperazine rings is 1. The lowest BCUT2D eigenvalue weighted by molar-refractivity contribution is 0.0977. The fraction of sp³-hybridized carbons (Fsp3) is 0.367. The number of sulfonamides is 1. The van der Waals surface area contributed by atoms with Crippen molar-refractivity contribution in [1.29, 1.82) is 0 Å². The molecule has 206 valence electrons. The molecule has 2 aliphatic heterocycles. The highest BCUT2D eigenvalue weighted by atomic mass is 32.2. The molecule has 3 aromatic carbocycles. The van der Waals surface area contributed by atoms with Gasteiger partial charge in [0.25, 0.3) is 5.91 Å². The Morgan fingerprint density at radius 2 is 1.69 bits per heavy atom. The molecule has 0 aromatic heterocycles. The summed E-state index contributed by atoms with van der Waals surface area (Å²) in [7, 11) is -3.82. The molecule has 1 amide bonds. The average molecular weight is 551 g/mol. The van der Waals surface area contributed by atoms with Crippen LogP contribution in [-0.2, 0) is 15.4 Å². The molecular formula is C30H35FN4O3S. The molecule has 0 saturated carbocycles. The van der Waals surface area contributed by atoms with E-state index in [1.54, 1.807) is 0 Å². The minimum absolute atomic E-state index is 0.0583. The number of para-hydroxylation sites is 1. The zero-order valence-corrected chi connectivity index (χ0v) is 23.6. The third kappa shape index (κ3) is 5.73. The van der Waals surface area contributed by atoms with Crippen molar-refractivity contribution in [1.82, 2.24) is 4.72 Å². The number of amides is 1. The van der Waals surface area contributed by atoms with Crippen LogP contribution >= 0.6 is 0 Å². The number of aryl methyl sites for hydroxylation is 1. The summed E-state index contributed by atoms with van der Waals surface area (Å²) in [5, 5.41) is 3.50. The predicted octanol–water partition coefficient (Wildman–Crippen LogP) is 4.98. The lowest BCUT2D eigenvalue weighted by Crippen LogP contribution is -2.46. The van der Waals surface area contributed by atoms with Gasteiger partial charge in [0, 0.05) is 43.2 Å². The van der Waals surface area contributed by atoms with E-state index in [0.717, 1.165) is 55.7 Å². The van der Waals surface area contributed by atoms with Crippen LogP contribution in [0.15, 0.2) is 60.7 Å². The van der Waals surface area contributed by atoms with E-state index < -0.39 is 21.7 Å². The number of anilines is 3. The van der Waals surface area contributed by atoms with Gasteiger partial charge in [-0.2, -0.15) is 0 Å². The van der Waals surface area contributed by atoms with Crippen LogP contribution in [0.4, 0.5) is 21.5 Å². The van der Waals surface area contributed by atoms with Crippen molar-refractivity contribution in [2.24, 2.45) is 0 Å². The number of carbonyl (C=O) groups is 1. The molecule has 2 N–H and O–H groups in total. The van der Waals surface area contributed by atoms with Crippen molar-refractivity contribution >= 4 is 33.0 Å². The van der Waals surface area contributed by atoms with E-state index in [1.807, 2.05) is 4.72 Å². The van der Waals surface area contributed by atoms with E-state index >= 15 is 0 Å². The Hall–Kier alpha value is -3.59. The number of nitrogens with one attached hydrogen (secondary N) is 2. The van der Waals surface area contributed by atoms with Crippen LogP contribution in [0.25, 0.3) is 0 Å². The quantitative estimate of drug-likeness (QED) is 0.466. The minimum Gasteiger partial charge on any atom is -0.378 e. The normalized spacial score (nSPS) is 18.7. The third-order valence-electron chi connectivity index (χ3n) is 7.78. The van der Waals surface area contributed by atoms with Gasteiger partial charge >= 0.3 is 0 Å². The van der Waals surface area contributed by atoms with Crippen LogP contribution in [0.3, 0.4) is 0 Å². The maximum atomic E-state index is 14.9. The predicted molar refractivity (Wildman–Crippen MR) is 155 cm³/mol. The molecule has 0 aliphatic carbocycles. The lowest BCUT2D eigenvalue weighted by atomic mass is 9.73. The number of rotatable bonds is 5. The molecular weight excluding hydrogens is 515 g/mol. The Balaban J connectivity index is 1.36. The minimum atomic E-state index is -3.82. The lowest BCUT2D eigenvalue weighted by Gasteiger charge is -2.40. The molecule has 5 rings (SSSR count). The maximum absolute atomic E-state index is 14.9. The van der Waals surface area contributed by atoms with E-state index in [2.05, 4.69) is 84.4 Å². The first kappa shape index (κ1) is 27.0. The van der Waals surface area contributed by atoms with Crippen LogP contribution in [0.1, 0.15) is 53.4 Å². The molecule has 2 aliphatic rings. The zero-order chi connectivity index (χ0) is 27.9. The second-order valence-electron chi connectivity index (χ2n) is 11.2. The average Bonchev–Trinajstić information content (AvgIpc) is 2.88. The molecule has 1 atom stereocenters. The summed E-state index contributed by atoms with van der Waals surface area (Å²) in [6, 6.07) is 19.7. The summed E-state index contributed by atoms with van der Waals surface area (Å²) in [6.07, 6.45) is 1.60. The Bertz CT molecular complexity index is 1510. The van der Waals surface area contributed by atoms with Gasteiger partial charge in [-0.05, 0) is 65.8 Å². The second-order valence-corrected chi connectivity index (χ2v) is 13.0. The summed E-state index contributed by atoms with van der Waals surface area (Å²) < 4.78 is 39.8. The molecule has 0 bridgehead atoms. The number of hydrogen-bond donors (Lipinski definition) is 2. The summed E-state index contributed by atoms with van der Waals surface area (Å²) in [5.41, 5.74) is 5.57. The first-order valence-electron chi connectivity index (χ1n) is 13.2. The number of halogens is 1.